The summed E-state index contributed by atoms with van der Waals surface area (Å²) in [5.74, 6) is 1.14. The highest BCUT2D eigenvalue weighted by molar-refractivity contribution is 7.09. The number of rotatable bonds is 7. The van der Waals surface area contributed by atoms with E-state index in [1.165, 1.54) is 5.56 Å². The van der Waals surface area contributed by atoms with Crippen molar-refractivity contribution in [2.75, 3.05) is 0 Å². The van der Waals surface area contributed by atoms with Gasteiger partial charge < -0.3 is 10.1 Å². The predicted molar refractivity (Wildman–Crippen MR) is 107 cm³/mol. The quantitative estimate of drug-likeness (QED) is 0.635. The maximum atomic E-state index is 12.8. The summed E-state index contributed by atoms with van der Waals surface area (Å²) in [6.07, 6.45) is 2.33. The number of aryl methyl sites for hydroxylation is 1. The molecule has 0 spiro atoms. The van der Waals surface area contributed by atoms with E-state index >= 15 is 0 Å². The van der Waals surface area contributed by atoms with E-state index in [9.17, 15) is 4.79 Å². The molecule has 1 saturated carbocycles. The SMILES string of the molecule is Cc1nc(COc2cccc(C(=O)NC(c3ccccc3)C3CC3)c2)cs1. The van der Waals surface area contributed by atoms with Crippen LogP contribution in [0.15, 0.2) is 60.0 Å². The van der Waals surface area contributed by atoms with Gasteiger partial charge in [-0.05, 0) is 49.4 Å². The topological polar surface area (TPSA) is 51.2 Å². The Kier molecular flexibility index (Phi) is 5.21. The highest BCUT2D eigenvalue weighted by Gasteiger charge is 2.33. The van der Waals surface area contributed by atoms with Crippen molar-refractivity contribution in [3.8, 4) is 5.75 Å². The molecule has 1 N–H and O–H groups in total. The fourth-order valence-electron chi connectivity index (χ4n) is 3.15. The average molecular weight is 378 g/mol. The van der Waals surface area contributed by atoms with Gasteiger partial charge in [0.25, 0.3) is 5.91 Å². The second-order valence-electron chi connectivity index (χ2n) is 6.87. The van der Waals surface area contributed by atoms with Crippen LogP contribution in [0.2, 0.25) is 0 Å². The number of benzene rings is 2. The van der Waals surface area contributed by atoms with Crippen molar-refractivity contribution < 1.29 is 9.53 Å². The number of nitrogens with one attached hydrogen (secondary N) is 1. The van der Waals surface area contributed by atoms with Crippen LogP contribution in [0.5, 0.6) is 5.75 Å². The highest BCUT2D eigenvalue weighted by Crippen LogP contribution is 2.41. The zero-order chi connectivity index (χ0) is 18.6. The number of thiazole rings is 1. The molecule has 27 heavy (non-hydrogen) atoms. The minimum atomic E-state index is -0.0642. The second-order valence-corrected chi connectivity index (χ2v) is 7.94. The molecular weight excluding hydrogens is 356 g/mol. The maximum Gasteiger partial charge on any atom is 0.251 e. The molecule has 4 rings (SSSR count). The number of amides is 1. The largest absolute Gasteiger partial charge is 0.487 e. The molecule has 138 valence electrons. The second kappa shape index (κ2) is 7.92. The Balaban J connectivity index is 1.43. The predicted octanol–water partition coefficient (Wildman–Crippen LogP) is 4.91. The van der Waals surface area contributed by atoms with Crippen molar-refractivity contribution >= 4 is 17.2 Å². The smallest absolute Gasteiger partial charge is 0.251 e. The molecule has 1 heterocycles. The summed E-state index contributed by atoms with van der Waals surface area (Å²) in [6.45, 7) is 2.38. The summed E-state index contributed by atoms with van der Waals surface area (Å²) in [7, 11) is 0. The summed E-state index contributed by atoms with van der Waals surface area (Å²) in [4.78, 5) is 17.2. The first kappa shape index (κ1) is 17.7. The zero-order valence-electron chi connectivity index (χ0n) is 15.2. The minimum absolute atomic E-state index is 0.0642. The molecule has 0 aliphatic heterocycles. The fraction of sp³-hybridized carbons (Fsp3) is 0.273. The van der Waals surface area contributed by atoms with E-state index in [1.807, 2.05) is 48.7 Å². The molecule has 1 aliphatic rings. The molecule has 0 radical (unpaired) electrons. The van der Waals surface area contributed by atoms with E-state index in [-0.39, 0.29) is 11.9 Å². The normalized spacial score (nSPS) is 14.6. The molecule has 1 unspecified atom stereocenters. The van der Waals surface area contributed by atoms with E-state index in [0.717, 1.165) is 23.5 Å². The Hall–Kier alpha value is -2.66. The van der Waals surface area contributed by atoms with Crippen LogP contribution < -0.4 is 10.1 Å². The Morgan fingerprint density at radius 3 is 2.74 bits per heavy atom. The van der Waals surface area contributed by atoms with E-state index in [1.54, 1.807) is 17.4 Å². The standard InChI is InChI=1S/C22H22N2O2S/c1-15-23-19(14-27-15)13-26-20-9-5-8-18(12-20)22(25)24-21(17-10-11-17)16-6-3-2-4-7-16/h2-9,12,14,17,21H,10-11,13H2,1H3,(H,24,25). The fourth-order valence-corrected chi connectivity index (χ4v) is 3.74. The van der Waals surface area contributed by atoms with Gasteiger partial charge in [-0.15, -0.1) is 11.3 Å². The van der Waals surface area contributed by atoms with E-state index in [2.05, 4.69) is 22.4 Å². The van der Waals surface area contributed by atoms with Gasteiger partial charge >= 0.3 is 0 Å². The third kappa shape index (κ3) is 4.55. The average Bonchev–Trinajstić information content (AvgIpc) is 3.46. The summed E-state index contributed by atoms with van der Waals surface area (Å²) >= 11 is 1.61. The molecule has 4 nitrogen and oxygen atoms in total. The lowest BCUT2D eigenvalue weighted by Crippen LogP contribution is -2.29. The van der Waals surface area contributed by atoms with Gasteiger partial charge in [-0.3, -0.25) is 4.79 Å². The van der Waals surface area contributed by atoms with Crippen LogP contribution >= 0.6 is 11.3 Å². The van der Waals surface area contributed by atoms with Crippen LogP contribution in [-0.4, -0.2) is 10.9 Å². The number of carbonyl (C=O) groups excluding carboxylic acids is 1. The molecule has 1 amide bonds. The van der Waals surface area contributed by atoms with Crippen molar-refractivity contribution in [3.05, 3.63) is 81.8 Å². The van der Waals surface area contributed by atoms with E-state index in [4.69, 9.17) is 4.74 Å². The Labute approximate surface area is 163 Å². The molecule has 1 fully saturated rings. The minimum Gasteiger partial charge on any atom is -0.487 e. The first-order chi connectivity index (χ1) is 13.2. The Morgan fingerprint density at radius 1 is 1.22 bits per heavy atom. The van der Waals surface area contributed by atoms with Gasteiger partial charge in [-0.1, -0.05) is 36.4 Å². The lowest BCUT2D eigenvalue weighted by atomic mass is 10.0. The van der Waals surface area contributed by atoms with Crippen molar-refractivity contribution in [1.82, 2.24) is 10.3 Å². The monoisotopic (exact) mass is 378 g/mol. The molecule has 0 saturated heterocycles. The van der Waals surface area contributed by atoms with Gasteiger partial charge in [-0.2, -0.15) is 0 Å². The van der Waals surface area contributed by atoms with E-state index in [0.29, 0.717) is 23.8 Å². The number of ether oxygens (including phenoxy) is 1. The van der Waals surface area contributed by atoms with Gasteiger partial charge in [0.05, 0.1) is 16.7 Å². The summed E-state index contributed by atoms with van der Waals surface area (Å²) in [5.41, 5.74) is 2.69. The van der Waals surface area contributed by atoms with Gasteiger partial charge in [0.15, 0.2) is 0 Å². The molecule has 0 bridgehead atoms. The number of aromatic nitrogens is 1. The Morgan fingerprint density at radius 2 is 2.04 bits per heavy atom. The van der Waals surface area contributed by atoms with Crippen molar-refractivity contribution in [2.45, 2.75) is 32.4 Å². The number of carbonyl (C=O) groups is 1. The molecular formula is C22H22N2O2S. The molecule has 1 atom stereocenters. The number of hydrogen-bond donors (Lipinski definition) is 1. The highest BCUT2D eigenvalue weighted by atomic mass is 32.1. The van der Waals surface area contributed by atoms with Crippen LogP contribution in [0.3, 0.4) is 0 Å². The van der Waals surface area contributed by atoms with Crippen LogP contribution in [0.4, 0.5) is 0 Å². The molecule has 1 aromatic heterocycles. The molecule has 5 heteroatoms. The lowest BCUT2D eigenvalue weighted by molar-refractivity contribution is 0.0931. The summed E-state index contributed by atoms with van der Waals surface area (Å²) < 4.78 is 5.81. The van der Waals surface area contributed by atoms with Crippen LogP contribution in [0.25, 0.3) is 0 Å². The maximum absolute atomic E-state index is 12.8. The van der Waals surface area contributed by atoms with Crippen molar-refractivity contribution in [3.63, 3.8) is 0 Å². The molecule has 2 aromatic carbocycles. The number of hydrogen-bond acceptors (Lipinski definition) is 4. The summed E-state index contributed by atoms with van der Waals surface area (Å²) in [5, 5.41) is 6.22. The first-order valence-electron chi connectivity index (χ1n) is 9.19. The van der Waals surface area contributed by atoms with Crippen LogP contribution in [0.1, 0.15) is 45.5 Å². The van der Waals surface area contributed by atoms with Crippen molar-refractivity contribution in [1.29, 1.82) is 0 Å². The lowest BCUT2D eigenvalue weighted by Gasteiger charge is -2.19. The van der Waals surface area contributed by atoms with Crippen molar-refractivity contribution in [2.24, 2.45) is 5.92 Å². The molecule has 1 aliphatic carbocycles. The number of nitrogens with zero attached hydrogens (tertiary/aromatic N) is 1. The summed E-state index contributed by atoms with van der Waals surface area (Å²) in [6, 6.07) is 17.6. The van der Waals surface area contributed by atoms with Crippen LogP contribution in [-0.2, 0) is 6.61 Å². The zero-order valence-corrected chi connectivity index (χ0v) is 16.0. The Bertz CT molecular complexity index is 919. The van der Waals surface area contributed by atoms with E-state index < -0.39 is 0 Å². The van der Waals surface area contributed by atoms with Crippen LogP contribution in [0, 0.1) is 12.8 Å². The van der Waals surface area contributed by atoms with Gasteiger partial charge in [-0.25, -0.2) is 4.98 Å². The van der Waals surface area contributed by atoms with Gasteiger partial charge in [0, 0.05) is 10.9 Å². The third-order valence-electron chi connectivity index (χ3n) is 4.69. The molecule has 3 aromatic rings. The first-order valence-corrected chi connectivity index (χ1v) is 10.1. The van der Waals surface area contributed by atoms with Gasteiger partial charge in [0.2, 0.25) is 0 Å². The third-order valence-corrected chi connectivity index (χ3v) is 5.51. The van der Waals surface area contributed by atoms with Gasteiger partial charge in [0.1, 0.15) is 12.4 Å².